The molecule has 8 heteroatoms. The SMILES string of the molecule is COc1cccc(C(=O)N(CC(=O)N(CCc2c[nH]c3ccccc23)Cc2ccc(OC)c(OC)c2)C2CC2)c1. The van der Waals surface area contributed by atoms with Crippen LogP contribution in [0, 0.1) is 0 Å². The summed E-state index contributed by atoms with van der Waals surface area (Å²) >= 11 is 0. The molecule has 2 amide bonds. The summed E-state index contributed by atoms with van der Waals surface area (Å²) in [5.41, 5.74) is 3.65. The van der Waals surface area contributed by atoms with Gasteiger partial charge in [0.15, 0.2) is 11.5 Å². The highest BCUT2D eigenvalue weighted by atomic mass is 16.5. The Bertz CT molecular complexity index is 1490. The summed E-state index contributed by atoms with van der Waals surface area (Å²) in [5.74, 6) is 1.60. The first-order chi connectivity index (χ1) is 19.5. The van der Waals surface area contributed by atoms with Gasteiger partial charge in [0.05, 0.1) is 21.3 Å². The molecule has 0 saturated heterocycles. The molecule has 208 valence electrons. The summed E-state index contributed by atoms with van der Waals surface area (Å²) < 4.78 is 16.2. The van der Waals surface area contributed by atoms with Crippen molar-refractivity contribution >= 4 is 22.7 Å². The standard InChI is InChI=1S/C32H35N3O5/c1-38-26-8-6-7-23(18-26)32(37)35(25-12-13-25)21-31(36)34(20-22-11-14-29(39-2)30(17-22)40-3)16-15-24-19-33-28-10-5-4-9-27(24)28/h4-11,14,17-19,25,33H,12-13,15-16,20-21H2,1-3H3. The second kappa shape index (κ2) is 12.2. The Balaban J connectivity index is 1.38. The van der Waals surface area contributed by atoms with Gasteiger partial charge in [-0.05, 0) is 66.8 Å². The molecule has 1 heterocycles. The molecule has 1 aromatic heterocycles. The zero-order valence-corrected chi connectivity index (χ0v) is 23.2. The van der Waals surface area contributed by atoms with Crippen molar-refractivity contribution in [1.29, 1.82) is 0 Å². The summed E-state index contributed by atoms with van der Waals surface area (Å²) in [6, 6.07) is 21.0. The van der Waals surface area contributed by atoms with Crippen molar-refractivity contribution in [2.24, 2.45) is 0 Å². The Labute approximate surface area is 234 Å². The lowest BCUT2D eigenvalue weighted by Crippen LogP contribution is -2.44. The Morgan fingerprint density at radius 2 is 1.70 bits per heavy atom. The lowest BCUT2D eigenvalue weighted by molar-refractivity contribution is -0.132. The first-order valence-corrected chi connectivity index (χ1v) is 13.5. The molecule has 0 bridgehead atoms. The fourth-order valence-corrected chi connectivity index (χ4v) is 5.01. The minimum Gasteiger partial charge on any atom is -0.497 e. The van der Waals surface area contributed by atoms with Crippen molar-refractivity contribution in [2.75, 3.05) is 34.4 Å². The minimum absolute atomic E-state index is 0.0158. The number of aromatic nitrogens is 1. The van der Waals surface area contributed by atoms with E-state index < -0.39 is 0 Å². The number of amides is 2. The lowest BCUT2D eigenvalue weighted by Gasteiger charge is -2.28. The van der Waals surface area contributed by atoms with Crippen LogP contribution >= 0.6 is 0 Å². The molecule has 40 heavy (non-hydrogen) atoms. The van der Waals surface area contributed by atoms with Gasteiger partial charge >= 0.3 is 0 Å². The smallest absolute Gasteiger partial charge is 0.254 e. The van der Waals surface area contributed by atoms with Crippen LogP contribution in [-0.2, 0) is 17.8 Å². The molecule has 3 aromatic carbocycles. The number of hydrogen-bond acceptors (Lipinski definition) is 5. The second-order valence-electron chi connectivity index (χ2n) is 10.0. The molecular weight excluding hydrogens is 506 g/mol. The number of fused-ring (bicyclic) bond motifs is 1. The maximum atomic E-state index is 13.9. The number of ether oxygens (including phenoxy) is 3. The number of hydrogen-bond donors (Lipinski definition) is 1. The van der Waals surface area contributed by atoms with E-state index >= 15 is 0 Å². The van der Waals surface area contributed by atoms with Gasteiger partial charge in [0, 0.05) is 41.8 Å². The summed E-state index contributed by atoms with van der Waals surface area (Å²) in [7, 11) is 4.77. The Morgan fingerprint density at radius 3 is 2.45 bits per heavy atom. The summed E-state index contributed by atoms with van der Waals surface area (Å²) in [4.78, 5) is 34.3. The summed E-state index contributed by atoms with van der Waals surface area (Å²) in [6.45, 7) is 0.899. The molecule has 5 rings (SSSR count). The fraction of sp³-hybridized carbons (Fsp3) is 0.312. The molecule has 1 saturated carbocycles. The van der Waals surface area contributed by atoms with Gasteiger partial charge in [-0.15, -0.1) is 0 Å². The molecule has 4 aromatic rings. The monoisotopic (exact) mass is 541 g/mol. The van der Waals surface area contributed by atoms with E-state index in [1.54, 1.807) is 50.5 Å². The predicted molar refractivity (Wildman–Crippen MR) is 154 cm³/mol. The maximum absolute atomic E-state index is 13.9. The number of rotatable bonds is 12. The molecular formula is C32H35N3O5. The van der Waals surface area contributed by atoms with Gasteiger partial charge < -0.3 is 29.0 Å². The maximum Gasteiger partial charge on any atom is 0.254 e. The predicted octanol–water partition coefficient (Wildman–Crippen LogP) is 5.07. The fourth-order valence-electron chi connectivity index (χ4n) is 5.01. The number of nitrogens with one attached hydrogen (secondary N) is 1. The van der Waals surface area contributed by atoms with Crippen LogP contribution in [0.5, 0.6) is 17.2 Å². The van der Waals surface area contributed by atoms with Gasteiger partial charge in [0.1, 0.15) is 12.3 Å². The molecule has 1 aliphatic carbocycles. The third-order valence-corrected chi connectivity index (χ3v) is 7.37. The van der Waals surface area contributed by atoms with Crippen molar-refractivity contribution in [3.8, 4) is 17.2 Å². The Kier molecular flexibility index (Phi) is 8.24. The number of para-hydroxylation sites is 1. The highest BCUT2D eigenvalue weighted by Crippen LogP contribution is 2.30. The number of aromatic amines is 1. The highest BCUT2D eigenvalue weighted by Gasteiger charge is 2.35. The quantitative estimate of drug-likeness (QED) is 0.271. The van der Waals surface area contributed by atoms with E-state index in [9.17, 15) is 9.59 Å². The second-order valence-corrected chi connectivity index (χ2v) is 10.0. The van der Waals surface area contributed by atoms with Gasteiger partial charge in [0.25, 0.3) is 5.91 Å². The number of H-pyrrole nitrogens is 1. The topological polar surface area (TPSA) is 84.1 Å². The van der Waals surface area contributed by atoms with Gasteiger partial charge in [0.2, 0.25) is 5.91 Å². The van der Waals surface area contributed by atoms with Gasteiger partial charge in [-0.2, -0.15) is 0 Å². The Morgan fingerprint density at radius 1 is 0.900 bits per heavy atom. The van der Waals surface area contributed by atoms with Crippen molar-refractivity contribution in [3.63, 3.8) is 0 Å². The number of methoxy groups -OCH3 is 3. The van der Waals surface area contributed by atoms with Gasteiger partial charge in [-0.25, -0.2) is 0 Å². The van der Waals surface area contributed by atoms with Crippen LogP contribution in [0.25, 0.3) is 10.9 Å². The summed E-state index contributed by atoms with van der Waals surface area (Å²) in [6.07, 6.45) is 4.48. The molecule has 0 radical (unpaired) electrons. The lowest BCUT2D eigenvalue weighted by atomic mass is 10.1. The number of nitrogens with zero attached hydrogens (tertiary/aromatic N) is 2. The van der Waals surface area contributed by atoms with E-state index in [1.807, 2.05) is 47.5 Å². The molecule has 1 aliphatic rings. The highest BCUT2D eigenvalue weighted by molar-refractivity contribution is 5.97. The largest absolute Gasteiger partial charge is 0.497 e. The Hall–Kier alpha value is -4.46. The van der Waals surface area contributed by atoms with Crippen molar-refractivity contribution in [2.45, 2.75) is 31.8 Å². The minimum atomic E-state index is -0.155. The van der Waals surface area contributed by atoms with Crippen molar-refractivity contribution in [3.05, 3.63) is 89.6 Å². The molecule has 0 unspecified atom stereocenters. The molecule has 0 atom stereocenters. The van der Waals surface area contributed by atoms with Crippen LogP contribution in [0.4, 0.5) is 0 Å². The number of carbonyl (C=O) groups is 2. The van der Waals surface area contributed by atoms with Crippen LogP contribution in [0.2, 0.25) is 0 Å². The van der Waals surface area contributed by atoms with Crippen LogP contribution in [0.1, 0.15) is 34.3 Å². The van der Waals surface area contributed by atoms with Gasteiger partial charge in [-0.1, -0.05) is 30.3 Å². The van der Waals surface area contributed by atoms with E-state index in [2.05, 4.69) is 11.1 Å². The molecule has 0 aliphatic heterocycles. The average Bonchev–Trinajstić information content (AvgIpc) is 3.76. The van der Waals surface area contributed by atoms with Gasteiger partial charge in [-0.3, -0.25) is 9.59 Å². The third-order valence-electron chi connectivity index (χ3n) is 7.37. The molecule has 1 fully saturated rings. The van der Waals surface area contributed by atoms with Crippen molar-refractivity contribution in [1.82, 2.24) is 14.8 Å². The van der Waals surface area contributed by atoms with Crippen LogP contribution in [0.3, 0.4) is 0 Å². The number of carbonyl (C=O) groups excluding carboxylic acids is 2. The first kappa shape index (κ1) is 27.1. The van der Waals surface area contributed by atoms with E-state index in [-0.39, 0.29) is 24.4 Å². The molecule has 1 N–H and O–H groups in total. The van der Waals surface area contributed by atoms with E-state index in [0.29, 0.717) is 42.3 Å². The number of benzene rings is 3. The first-order valence-electron chi connectivity index (χ1n) is 13.5. The van der Waals surface area contributed by atoms with Crippen LogP contribution in [-0.4, -0.2) is 67.1 Å². The molecule has 8 nitrogen and oxygen atoms in total. The van der Waals surface area contributed by atoms with Crippen LogP contribution < -0.4 is 14.2 Å². The normalized spacial score (nSPS) is 12.7. The van der Waals surface area contributed by atoms with E-state index in [1.165, 1.54) is 0 Å². The third kappa shape index (κ3) is 6.06. The van der Waals surface area contributed by atoms with E-state index in [4.69, 9.17) is 14.2 Å². The zero-order valence-electron chi connectivity index (χ0n) is 23.2. The molecule has 0 spiro atoms. The average molecular weight is 542 g/mol. The van der Waals surface area contributed by atoms with Crippen molar-refractivity contribution < 1.29 is 23.8 Å². The zero-order chi connectivity index (χ0) is 28.1. The summed E-state index contributed by atoms with van der Waals surface area (Å²) in [5, 5.41) is 1.15. The van der Waals surface area contributed by atoms with Crippen LogP contribution in [0.15, 0.2) is 72.9 Å². The van der Waals surface area contributed by atoms with E-state index in [0.717, 1.165) is 34.9 Å².